The van der Waals surface area contributed by atoms with Crippen molar-refractivity contribution in [2.45, 2.75) is 25.1 Å². The third-order valence-electron chi connectivity index (χ3n) is 4.70. The van der Waals surface area contributed by atoms with Crippen LogP contribution in [0.25, 0.3) is 10.8 Å². The molecule has 5 heteroatoms. The lowest BCUT2D eigenvalue weighted by molar-refractivity contribution is 0.107. The summed E-state index contributed by atoms with van der Waals surface area (Å²) in [7, 11) is 1.78. The fourth-order valence-electron chi connectivity index (χ4n) is 3.52. The van der Waals surface area contributed by atoms with E-state index in [2.05, 4.69) is 62.5 Å². The third kappa shape index (κ3) is 2.73. The molecule has 0 spiro atoms. The van der Waals surface area contributed by atoms with Gasteiger partial charge in [0, 0.05) is 20.2 Å². The number of aromatic nitrogens is 3. The van der Waals surface area contributed by atoms with E-state index in [0.29, 0.717) is 0 Å². The number of benzene rings is 2. The Hall–Kier alpha value is -2.24. The molecule has 2 aromatic carbocycles. The fourth-order valence-corrected chi connectivity index (χ4v) is 3.52. The van der Waals surface area contributed by atoms with Crippen LogP contribution in [0, 0.1) is 0 Å². The number of rotatable bonds is 4. The zero-order valence-electron chi connectivity index (χ0n) is 13.1. The number of hydrogen-bond acceptors (Lipinski definition) is 4. The molecule has 0 saturated carbocycles. The first-order valence-electron chi connectivity index (χ1n) is 7.94. The van der Waals surface area contributed by atoms with E-state index in [9.17, 15) is 0 Å². The minimum Gasteiger partial charge on any atom is -0.380 e. The first-order valence-corrected chi connectivity index (χ1v) is 7.94. The van der Waals surface area contributed by atoms with Gasteiger partial charge in [0.1, 0.15) is 12.2 Å². The van der Waals surface area contributed by atoms with Gasteiger partial charge in [0.2, 0.25) is 0 Å². The van der Waals surface area contributed by atoms with Crippen molar-refractivity contribution in [1.29, 1.82) is 0 Å². The molecule has 1 aromatic heterocycles. The van der Waals surface area contributed by atoms with Crippen LogP contribution in [0.1, 0.15) is 23.9 Å². The Kier molecular flexibility index (Phi) is 3.81. The van der Waals surface area contributed by atoms with Crippen molar-refractivity contribution < 1.29 is 4.74 Å². The van der Waals surface area contributed by atoms with Crippen molar-refractivity contribution >= 4 is 10.8 Å². The SMILES string of the molecule is CO[C@@H]1C[C@@H](c2ncn[nH]2)N(Cc2cccc3ccccc23)C1. The molecule has 118 valence electrons. The fraction of sp³-hybridized carbons (Fsp3) is 0.333. The van der Waals surface area contributed by atoms with Crippen molar-refractivity contribution in [2.24, 2.45) is 0 Å². The van der Waals surface area contributed by atoms with Crippen LogP contribution >= 0.6 is 0 Å². The normalized spacial score (nSPS) is 22.0. The van der Waals surface area contributed by atoms with Crippen molar-refractivity contribution in [3.8, 4) is 0 Å². The highest BCUT2D eigenvalue weighted by Gasteiger charge is 2.35. The molecule has 1 aliphatic rings. The molecule has 0 aliphatic carbocycles. The van der Waals surface area contributed by atoms with E-state index in [0.717, 1.165) is 25.3 Å². The van der Waals surface area contributed by atoms with Gasteiger partial charge in [-0.1, -0.05) is 42.5 Å². The molecule has 3 aromatic rings. The summed E-state index contributed by atoms with van der Waals surface area (Å²) in [5, 5.41) is 9.62. The van der Waals surface area contributed by atoms with Gasteiger partial charge >= 0.3 is 0 Å². The molecular weight excluding hydrogens is 288 g/mol. The Bertz CT molecular complexity index is 781. The quantitative estimate of drug-likeness (QED) is 0.805. The van der Waals surface area contributed by atoms with E-state index in [-0.39, 0.29) is 12.1 Å². The van der Waals surface area contributed by atoms with Gasteiger partial charge in [-0.3, -0.25) is 10.00 Å². The van der Waals surface area contributed by atoms with Gasteiger partial charge < -0.3 is 4.74 Å². The maximum absolute atomic E-state index is 5.59. The van der Waals surface area contributed by atoms with E-state index in [1.807, 2.05) is 0 Å². The highest BCUT2D eigenvalue weighted by Crippen LogP contribution is 2.33. The van der Waals surface area contributed by atoms with Crippen molar-refractivity contribution in [3.05, 3.63) is 60.2 Å². The molecule has 0 bridgehead atoms. The molecule has 1 N–H and O–H groups in total. The monoisotopic (exact) mass is 308 g/mol. The average molecular weight is 308 g/mol. The van der Waals surface area contributed by atoms with Crippen LogP contribution in [-0.4, -0.2) is 39.8 Å². The summed E-state index contributed by atoms with van der Waals surface area (Å²) < 4.78 is 5.59. The Labute approximate surface area is 135 Å². The second kappa shape index (κ2) is 6.10. The van der Waals surface area contributed by atoms with E-state index in [1.54, 1.807) is 13.4 Å². The number of fused-ring (bicyclic) bond motifs is 1. The predicted octanol–water partition coefficient (Wildman–Crippen LogP) is 2.92. The lowest BCUT2D eigenvalue weighted by Crippen LogP contribution is -2.25. The van der Waals surface area contributed by atoms with E-state index >= 15 is 0 Å². The maximum atomic E-state index is 5.59. The second-order valence-corrected chi connectivity index (χ2v) is 6.05. The molecule has 1 aliphatic heterocycles. The zero-order valence-corrected chi connectivity index (χ0v) is 13.1. The van der Waals surface area contributed by atoms with Crippen LogP contribution in [0.15, 0.2) is 48.8 Å². The number of likely N-dealkylation sites (tertiary alicyclic amines) is 1. The lowest BCUT2D eigenvalue weighted by atomic mass is 10.0. The highest BCUT2D eigenvalue weighted by molar-refractivity contribution is 5.85. The van der Waals surface area contributed by atoms with Gasteiger partial charge in [0.25, 0.3) is 0 Å². The van der Waals surface area contributed by atoms with Crippen LogP contribution < -0.4 is 0 Å². The van der Waals surface area contributed by atoms with Crippen LogP contribution in [0.3, 0.4) is 0 Å². The topological polar surface area (TPSA) is 54.0 Å². The Morgan fingerprint density at radius 1 is 1.22 bits per heavy atom. The summed E-state index contributed by atoms with van der Waals surface area (Å²) in [5.41, 5.74) is 1.34. The van der Waals surface area contributed by atoms with Crippen LogP contribution in [-0.2, 0) is 11.3 Å². The van der Waals surface area contributed by atoms with Gasteiger partial charge in [-0.25, -0.2) is 4.98 Å². The molecule has 4 rings (SSSR count). The summed E-state index contributed by atoms with van der Waals surface area (Å²) >= 11 is 0. The van der Waals surface area contributed by atoms with Crippen molar-refractivity contribution in [2.75, 3.05) is 13.7 Å². The zero-order chi connectivity index (χ0) is 15.6. The molecule has 23 heavy (non-hydrogen) atoms. The summed E-state index contributed by atoms with van der Waals surface area (Å²) in [6, 6.07) is 15.3. The molecule has 2 heterocycles. The largest absolute Gasteiger partial charge is 0.380 e. The average Bonchev–Trinajstić information content (AvgIpc) is 3.24. The third-order valence-corrected chi connectivity index (χ3v) is 4.70. The van der Waals surface area contributed by atoms with Gasteiger partial charge in [-0.2, -0.15) is 5.10 Å². The van der Waals surface area contributed by atoms with Crippen molar-refractivity contribution in [3.63, 3.8) is 0 Å². The first-order chi connectivity index (χ1) is 11.3. The Morgan fingerprint density at radius 3 is 2.91 bits per heavy atom. The lowest BCUT2D eigenvalue weighted by Gasteiger charge is -2.23. The number of hydrogen-bond donors (Lipinski definition) is 1. The minimum absolute atomic E-state index is 0.224. The van der Waals surface area contributed by atoms with Crippen LogP contribution in [0.5, 0.6) is 0 Å². The number of nitrogens with one attached hydrogen (secondary N) is 1. The molecule has 0 radical (unpaired) electrons. The molecule has 1 saturated heterocycles. The summed E-state index contributed by atoms with van der Waals surface area (Å²) in [6.07, 6.45) is 2.75. The molecule has 5 nitrogen and oxygen atoms in total. The Morgan fingerprint density at radius 2 is 2.09 bits per heavy atom. The van der Waals surface area contributed by atoms with E-state index in [1.165, 1.54) is 16.3 Å². The number of H-pyrrole nitrogens is 1. The molecule has 1 fully saturated rings. The van der Waals surface area contributed by atoms with Crippen molar-refractivity contribution in [1.82, 2.24) is 20.1 Å². The van der Waals surface area contributed by atoms with Gasteiger partial charge in [-0.05, 0) is 22.8 Å². The number of methoxy groups -OCH3 is 1. The number of nitrogens with zero attached hydrogens (tertiary/aromatic N) is 3. The predicted molar refractivity (Wildman–Crippen MR) is 88.9 cm³/mol. The smallest absolute Gasteiger partial charge is 0.141 e. The standard InChI is InChI=1S/C18H20N4O/c1-23-15-9-17(18-19-12-20-21-18)22(11-15)10-14-7-4-6-13-5-2-3-8-16(13)14/h2-8,12,15,17H,9-11H2,1H3,(H,19,20,21)/t15-,17+/m1/s1. The minimum atomic E-state index is 0.224. The van der Waals surface area contributed by atoms with E-state index in [4.69, 9.17) is 4.74 Å². The first kappa shape index (κ1) is 14.4. The molecular formula is C18H20N4O. The molecule has 0 unspecified atom stereocenters. The van der Waals surface area contributed by atoms with Gasteiger partial charge in [0.05, 0.1) is 12.1 Å². The number of aromatic amines is 1. The van der Waals surface area contributed by atoms with Crippen LogP contribution in [0.2, 0.25) is 0 Å². The maximum Gasteiger partial charge on any atom is 0.141 e. The highest BCUT2D eigenvalue weighted by atomic mass is 16.5. The number of ether oxygens (including phenoxy) is 1. The molecule has 0 amide bonds. The summed E-state index contributed by atoms with van der Waals surface area (Å²) in [5.74, 6) is 0.921. The van der Waals surface area contributed by atoms with Crippen LogP contribution in [0.4, 0.5) is 0 Å². The second-order valence-electron chi connectivity index (χ2n) is 6.05. The summed E-state index contributed by atoms with van der Waals surface area (Å²) in [6.45, 7) is 1.79. The Balaban J connectivity index is 1.65. The van der Waals surface area contributed by atoms with Gasteiger partial charge in [-0.15, -0.1) is 0 Å². The summed E-state index contributed by atoms with van der Waals surface area (Å²) in [4.78, 5) is 6.78. The molecule has 2 atom stereocenters. The van der Waals surface area contributed by atoms with E-state index < -0.39 is 0 Å². The van der Waals surface area contributed by atoms with Gasteiger partial charge in [0.15, 0.2) is 0 Å².